The summed E-state index contributed by atoms with van der Waals surface area (Å²) < 4.78 is 58.9. The van der Waals surface area contributed by atoms with Crippen LogP contribution in [0.4, 0.5) is 26.8 Å². The van der Waals surface area contributed by atoms with Crippen molar-refractivity contribution in [2.75, 3.05) is 36.2 Å². The maximum Gasteiger partial charge on any atom is 0.508 e. The Morgan fingerprint density at radius 1 is 1.22 bits per heavy atom. The summed E-state index contributed by atoms with van der Waals surface area (Å²) in [6.07, 6.45) is 3.72. The molecule has 2 aromatic heterocycles. The van der Waals surface area contributed by atoms with Gasteiger partial charge in [-0.1, -0.05) is 6.42 Å². The van der Waals surface area contributed by atoms with Crippen LogP contribution in [0, 0.1) is 12.7 Å². The molecule has 3 saturated heterocycles. The number of hydrogen-bond acceptors (Lipinski definition) is 11. The number of aryl methyl sites for hydroxylation is 1. The molecule has 226 valence electrons. The Kier molecular flexibility index (Phi) is 8.94. The fraction of sp³-hybridized carbons (Fsp3) is 0.692. The van der Waals surface area contributed by atoms with E-state index in [0.29, 0.717) is 44.7 Å². The maximum atomic E-state index is 15.6. The van der Waals surface area contributed by atoms with Crippen LogP contribution in [0.15, 0.2) is 6.07 Å². The number of H-pyrrole nitrogens is 1. The van der Waals surface area contributed by atoms with Gasteiger partial charge in [0.15, 0.2) is 17.5 Å². The van der Waals surface area contributed by atoms with Crippen molar-refractivity contribution in [2.24, 2.45) is 0 Å². The molecule has 0 aliphatic carbocycles. The minimum absolute atomic E-state index is 0.0631. The summed E-state index contributed by atoms with van der Waals surface area (Å²) in [5.41, 5.74) is 0.658. The largest absolute Gasteiger partial charge is 0.508 e. The lowest BCUT2D eigenvalue weighted by molar-refractivity contribution is -0.0303. The van der Waals surface area contributed by atoms with E-state index in [1.807, 2.05) is 18.9 Å². The first kappa shape index (κ1) is 29.5. The van der Waals surface area contributed by atoms with Crippen LogP contribution >= 0.6 is 0 Å². The number of rotatable bonds is 9. The van der Waals surface area contributed by atoms with Crippen molar-refractivity contribution < 1.29 is 31.8 Å². The number of fused-ring (bicyclic) bond motifs is 2. The molecule has 0 saturated carbocycles. The lowest BCUT2D eigenvalue weighted by Gasteiger charge is -2.49. The molecular weight excluding hydrogens is 557 g/mol. The topological polar surface area (TPSA) is 152 Å². The van der Waals surface area contributed by atoms with Gasteiger partial charge >= 0.3 is 6.16 Å². The summed E-state index contributed by atoms with van der Waals surface area (Å²) in [5.74, 6) is -0.221. The van der Waals surface area contributed by atoms with E-state index in [1.165, 1.54) is 0 Å². The summed E-state index contributed by atoms with van der Waals surface area (Å²) in [7, 11) is -1.50. The summed E-state index contributed by atoms with van der Waals surface area (Å²) in [5, 5.41) is 9.80. The zero-order valence-electron chi connectivity index (χ0n) is 23.6. The van der Waals surface area contributed by atoms with Crippen molar-refractivity contribution in [3.63, 3.8) is 0 Å². The van der Waals surface area contributed by atoms with Crippen LogP contribution in [-0.4, -0.2) is 89.3 Å². The highest BCUT2D eigenvalue weighted by molar-refractivity contribution is 7.89. The average Bonchev–Trinajstić information content (AvgIpc) is 3.37. The Morgan fingerprint density at radius 2 is 1.93 bits per heavy atom. The molecule has 0 aromatic carbocycles. The number of aromatic nitrogens is 4. The van der Waals surface area contributed by atoms with Gasteiger partial charge in [0.05, 0.1) is 19.0 Å². The van der Waals surface area contributed by atoms with E-state index in [0.717, 1.165) is 25.0 Å². The van der Waals surface area contributed by atoms with Crippen LogP contribution in [-0.2, 0) is 30.8 Å². The third kappa shape index (κ3) is 6.72. The number of nitrogens with one attached hydrogen (secondary N) is 2. The predicted molar refractivity (Wildman–Crippen MR) is 148 cm³/mol. The molecule has 2 bridgehead atoms. The van der Waals surface area contributed by atoms with E-state index in [9.17, 15) is 13.2 Å². The third-order valence-electron chi connectivity index (χ3n) is 8.05. The standard InChI is InChI=1S/C26H38FN7O6S/c1-4-41(36,37)34-17-6-5-7-18(34)14-19(13-17)33(3)25-28-21(15-39-26(35)40-20-8-10-38-11-9-20)23(27)24(30-25)29-22-12-16(2)31-32-22/h12,17-20H,4-11,13-15H2,1-3H3,(H2,28,29,30,31,32)/t17-,18+,19-. The second-order valence-corrected chi connectivity index (χ2v) is 13.0. The van der Waals surface area contributed by atoms with Crippen LogP contribution in [0.2, 0.25) is 0 Å². The third-order valence-corrected chi connectivity index (χ3v) is 10.0. The molecule has 3 atom stereocenters. The molecule has 2 aromatic rings. The number of carbonyl (C=O) groups excluding carboxylic acids is 1. The second kappa shape index (κ2) is 12.4. The van der Waals surface area contributed by atoms with Crippen LogP contribution < -0.4 is 10.2 Å². The molecule has 3 aliphatic heterocycles. The average molecular weight is 596 g/mol. The number of hydrogen-bond donors (Lipinski definition) is 2. The molecule has 15 heteroatoms. The molecular formula is C26H38FN7O6S. The van der Waals surface area contributed by atoms with Gasteiger partial charge in [-0.05, 0) is 39.5 Å². The van der Waals surface area contributed by atoms with E-state index in [2.05, 4.69) is 25.5 Å². The molecule has 13 nitrogen and oxygen atoms in total. The van der Waals surface area contributed by atoms with Gasteiger partial charge < -0.3 is 24.4 Å². The van der Waals surface area contributed by atoms with Crippen molar-refractivity contribution in [1.82, 2.24) is 24.5 Å². The molecule has 5 heterocycles. The predicted octanol–water partition coefficient (Wildman–Crippen LogP) is 3.39. The van der Waals surface area contributed by atoms with E-state index in [4.69, 9.17) is 14.2 Å². The molecule has 3 aliphatic rings. The minimum Gasteiger partial charge on any atom is -0.431 e. The highest BCUT2D eigenvalue weighted by Crippen LogP contribution is 2.38. The first-order valence-corrected chi connectivity index (χ1v) is 15.8. The lowest BCUT2D eigenvalue weighted by atomic mass is 9.83. The number of nitrogens with zero attached hydrogens (tertiary/aromatic N) is 5. The fourth-order valence-electron chi connectivity index (χ4n) is 5.90. The van der Waals surface area contributed by atoms with Gasteiger partial charge in [0.2, 0.25) is 16.0 Å². The Balaban J connectivity index is 1.37. The zero-order chi connectivity index (χ0) is 29.1. The molecule has 0 unspecified atom stereocenters. The number of piperidine rings is 2. The van der Waals surface area contributed by atoms with Gasteiger partial charge in [-0.3, -0.25) is 5.10 Å². The first-order valence-electron chi connectivity index (χ1n) is 14.1. The fourth-order valence-corrected chi connectivity index (χ4v) is 7.49. The van der Waals surface area contributed by atoms with Crippen molar-refractivity contribution in [1.29, 1.82) is 0 Å². The highest BCUT2D eigenvalue weighted by atomic mass is 32.2. The van der Waals surface area contributed by atoms with Gasteiger partial charge in [-0.15, -0.1) is 0 Å². The Bertz CT molecular complexity index is 1320. The van der Waals surface area contributed by atoms with E-state index >= 15 is 4.39 Å². The molecule has 0 spiro atoms. The lowest BCUT2D eigenvalue weighted by Crippen LogP contribution is -2.58. The maximum absolute atomic E-state index is 15.6. The zero-order valence-corrected chi connectivity index (χ0v) is 24.5. The molecule has 2 N–H and O–H groups in total. The van der Waals surface area contributed by atoms with E-state index < -0.39 is 28.6 Å². The molecule has 41 heavy (non-hydrogen) atoms. The first-order chi connectivity index (χ1) is 19.6. The molecule has 0 radical (unpaired) electrons. The molecule has 5 rings (SSSR count). The van der Waals surface area contributed by atoms with E-state index in [1.54, 1.807) is 17.3 Å². The van der Waals surface area contributed by atoms with Gasteiger partial charge in [0.1, 0.15) is 18.4 Å². The summed E-state index contributed by atoms with van der Waals surface area (Å²) in [6.45, 7) is 4.04. The van der Waals surface area contributed by atoms with Gasteiger partial charge in [0, 0.05) is 49.8 Å². The van der Waals surface area contributed by atoms with Crippen molar-refractivity contribution in [2.45, 2.75) is 89.6 Å². The number of anilines is 3. The van der Waals surface area contributed by atoms with Crippen molar-refractivity contribution >= 4 is 33.8 Å². The smallest absolute Gasteiger partial charge is 0.431 e. The monoisotopic (exact) mass is 595 g/mol. The number of sulfonamides is 1. The Morgan fingerprint density at radius 3 is 2.56 bits per heavy atom. The van der Waals surface area contributed by atoms with Crippen molar-refractivity contribution in [3.8, 4) is 0 Å². The van der Waals surface area contributed by atoms with Gasteiger partial charge in [0.25, 0.3) is 0 Å². The highest BCUT2D eigenvalue weighted by Gasteiger charge is 2.45. The molecule has 0 amide bonds. The van der Waals surface area contributed by atoms with Crippen LogP contribution in [0.5, 0.6) is 0 Å². The normalized spacial score (nSPS) is 23.7. The molecule has 3 fully saturated rings. The van der Waals surface area contributed by atoms with E-state index in [-0.39, 0.29) is 47.4 Å². The van der Waals surface area contributed by atoms with Crippen LogP contribution in [0.25, 0.3) is 0 Å². The van der Waals surface area contributed by atoms with Gasteiger partial charge in [-0.2, -0.15) is 14.4 Å². The van der Waals surface area contributed by atoms with Crippen molar-refractivity contribution in [3.05, 3.63) is 23.3 Å². The number of ether oxygens (including phenoxy) is 3. The SMILES string of the molecule is CCS(=O)(=O)N1[C@@H]2CCC[C@H]1C[C@H](N(C)c1nc(COC(=O)OC3CCOCC3)c(F)c(Nc3cc(C)[nH]n3)n1)C2. The number of halogens is 1. The van der Waals surface area contributed by atoms with Crippen LogP contribution in [0.1, 0.15) is 63.3 Å². The summed E-state index contributed by atoms with van der Waals surface area (Å²) in [6, 6.07) is 1.43. The Labute approximate surface area is 239 Å². The van der Waals surface area contributed by atoms with Crippen LogP contribution in [0.3, 0.4) is 0 Å². The number of carbonyl (C=O) groups is 1. The summed E-state index contributed by atoms with van der Waals surface area (Å²) in [4.78, 5) is 23.1. The summed E-state index contributed by atoms with van der Waals surface area (Å²) >= 11 is 0. The van der Waals surface area contributed by atoms with Gasteiger partial charge in [-0.25, -0.2) is 22.6 Å². The Hall–Kier alpha value is -3.04. The second-order valence-electron chi connectivity index (χ2n) is 10.9. The minimum atomic E-state index is -3.33. The number of aromatic amines is 1. The quantitative estimate of drug-likeness (QED) is 0.410.